The molecule has 1 aromatic carbocycles. The molecular weight excluding hydrogens is 292 g/mol. The number of aromatic nitrogens is 1. The summed E-state index contributed by atoms with van der Waals surface area (Å²) in [7, 11) is -3.61. The van der Waals surface area contributed by atoms with E-state index >= 15 is 0 Å². The van der Waals surface area contributed by atoms with Crippen LogP contribution >= 0.6 is 0 Å². The number of carbonyl (C=O) groups is 1. The quantitative estimate of drug-likeness (QED) is 0.905. The first-order valence-corrected chi connectivity index (χ1v) is 7.96. The first-order chi connectivity index (χ1) is 10.00. The van der Waals surface area contributed by atoms with Crippen molar-refractivity contribution in [3.8, 4) is 0 Å². The zero-order valence-electron chi connectivity index (χ0n) is 11.1. The molecule has 1 aliphatic rings. The van der Waals surface area contributed by atoms with Gasteiger partial charge in [-0.05, 0) is 42.7 Å². The van der Waals surface area contributed by atoms with Crippen LogP contribution in [-0.4, -0.2) is 31.0 Å². The van der Waals surface area contributed by atoms with E-state index in [0.29, 0.717) is 25.1 Å². The summed E-state index contributed by atoms with van der Waals surface area (Å²) in [6.45, 7) is 0.396. The fourth-order valence-corrected chi connectivity index (χ4v) is 4.06. The number of H-pyrrole nitrogens is 1. The third-order valence-corrected chi connectivity index (χ3v) is 5.37. The Bertz CT molecular complexity index is 781. The molecule has 0 unspecified atom stereocenters. The Hall–Kier alpha value is -2.28. The van der Waals surface area contributed by atoms with Crippen molar-refractivity contribution in [3.05, 3.63) is 47.8 Å². The molecule has 7 heteroatoms. The zero-order valence-corrected chi connectivity index (χ0v) is 11.9. The molecule has 21 heavy (non-hydrogen) atoms. The van der Waals surface area contributed by atoms with Crippen LogP contribution in [0.4, 0.5) is 5.69 Å². The molecule has 6 nitrogen and oxygen atoms in total. The minimum Gasteiger partial charge on any atom is -0.478 e. The summed E-state index contributed by atoms with van der Waals surface area (Å²) >= 11 is 0. The summed E-state index contributed by atoms with van der Waals surface area (Å²) in [5.41, 5.74) is 1.49. The number of fused-ring (bicyclic) bond motifs is 1. The monoisotopic (exact) mass is 306 g/mol. The van der Waals surface area contributed by atoms with Gasteiger partial charge < -0.3 is 10.1 Å². The van der Waals surface area contributed by atoms with Crippen LogP contribution in [0.25, 0.3) is 0 Å². The van der Waals surface area contributed by atoms with Gasteiger partial charge in [0.2, 0.25) is 0 Å². The number of anilines is 1. The van der Waals surface area contributed by atoms with Gasteiger partial charge in [-0.25, -0.2) is 13.2 Å². The van der Waals surface area contributed by atoms with E-state index in [9.17, 15) is 13.2 Å². The third-order valence-electron chi connectivity index (χ3n) is 3.56. The molecule has 110 valence electrons. The lowest BCUT2D eigenvalue weighted by Gasteiger charge is -2.30. The molecule has 0 aliphatic carbocycles. The average molecular weight is 306 g/mol. The Morgan fingerprint density at radius 2 is 2.10 bits per heavy atom. The Kier molecular flexibility index (Phi) is 3.21. The van der Waals surface area contributed by atoms with Crippen LogP contribution in [-0.2, 0) is 16.4 Å². The lowest BCUT2D eigenvalue weighted by molar-refractivity contribution is 0.0697. The maximum atomic E-state index is 12.6. The number of aromatic carboxylic acids is 1. The van der Waals surface area contributed by atoms with Crippen molar-refractivity contribution in [2.45, 2.75) is 17.7 Å². The van der Waals surface area contributed by atoms with Crippen molar-refractivity contribution in [1.29, 1.82) is 0 Å². The van der Waals surface area contributed by atoms with Crippen LogP contribution in [0.3, 0.4) is 0 Å². The van der Waals surface area contributed by atoms with Gasteiger partial charge in [0.25, 0.3) is 10.0 Å². The van der Waals surface area contributed by atoms with E-state index in [0.717, 1.165) is 5.56 Å². The van der Waals surface area contributed by atoms with Crippen molar-refractivity contribution in [2.24, 2.45) is 0 Å². The second-order valence-corrected chi connectivity index (χ2v) is 6.74. The number of hydrogen-bond acceptors (Lipinski definition) is 3. The van der Waals surface area contributed by atoms with Gasteiger partial charge in [0.15, 0.2) is 0 Å². The molecule has 1 aliphatic heterocycles. The smallest absolute Gasteiger partial charge is 0.335 e. The molecule has 2 heterocycles. The summed E-state index contributed by atoms with van der Waals surface area (Å²) in [5.74, 6) is -1.01. The Morgan fingerprint density at radius 3 is 2.76 bits per heavy atom. The molecule has 0 spiro atoms. The molecular formula is C14H14N2O4S. The van der Waals surface area contributed by atoms with Gasteiger partial charge in [0, 0.05) is 18.9 Å². The molecule has 0 fully saturated rings. The first-order valence-electron chi connectivity index (χ1n) is 6.52. The van der Waals surface area contributed by atoms with Crippen LogP contribution in [0.15, 0.2) is 41.6 Å². The maximum Gasteiger partial charge on any atom is 0.335 e. The highest BCUT2D eigenvalue weighted by molar-refractivity contribution is 7.92. The number of hydrogen-bond donors (Lipinski definition) is 2. The normalized spacial score (nSPS) is 14.8. The number of carboxylic acid groups (broad SMARTS) is 1. The van der Waals surface area contributed by atoms with E-state index < -0.39 is 16.0 Å². The van der Waals surface area contributed by atoms with Gasteiger partial charge in [-0.15, -0.1) is 0 Å². The highest BCUT2D eigenvalue weighted by atomic mass is 32.2. The van der Waals surface area contributed by atoms with Crippen LogP contribution < -0.4 is 4.31 Å². The molecule has 0 saturated carbocycles. The predicted octanol–water partition coefficient (Wildman–Crippen LogP) is 1.85. The highest BCUT2D eigenvalue weighted by Crippen LogP contribution is 2.32. The average Bonchev–Trinajstić information content (AvgIpc) is 3.00. The number of aromatic amines is 1. The summed E-state index contributed by atoms with van der Waals surface area (Å²) < 4.78 is 26.6. The standard InChI is InChI=1S/C14H14N2O4S/c17-14(18)11-3-4-13-10(8-11)2-1-7-16(13)21(19,20)12-5-6-15-9-12/h3-6,8-9,15H,1-2,7H2,(H,17,18). The molecule has 3 rings (SSSR count). The van der Waals surface area contributed by atoms with E-state index in [4.69, 9.17) is 5.11 Å². The second-order valence-electron chi connectivity index (χ2n) is 4.88. The Labute approximate surface area is 122 Å². The number of nitrogens with one attached hydrogen (secondary N) is 1. The lowest BCUT2D eigenvalue weighted by atomic mass is 10.0. The Morgan fingerprint density at radius 1 is 1.29 bits per heavy atom. The van der Waals surface area contributed by atoms with E-state index in [1.165, 1.54) is 22.6 Å². The van der Waals surface area contributed by atoms with Crippen molar-refractivity contribution in [1.82, 2.24) is 4.98 Å². The zero-order chi connectivity index (χ0) is 15.0. The van der Waals surface area contributed by atoms with E-state index in [1.807, 2.05) is 0 Å². The van der Waals surface area contributed by atoms with Crippen molar-refractivity contribution >= 4 is 21.7 Å². The molecule has 0 amide bonds. The van der Waals surface area contributed by atoms with Crippen LogP contribution in [0.5, 0.6) is 0 Å². The van der Waals surface area contributed by atoms with Gasteiger partial charge in [0.1, 0.15) is 4.90 Å². The molecule has 2 aromatic rings. The molecule has 0 saturated heterocycles. The summed E-state index contributed by atoms with van der Waals surface area (Å²) in [4.78, 5) is 14.0. The van der Waals surface area contributed by atoms with Crippen molar-refractivity contribution < 1.29 is 18.3 Å². The molecule has 0 atom stereocenters. The van der Waals surface area contributed by atoms with Crippen molar-refractivity contribution in [2.75, 3.05) is 10.8 Å². The SMILES string of the molecule is O=C(O)c1ccc2c(c1)CCCN2S(=O)(=O)c1cc[nH]c1. The van der Waals surface area contributed by atoms with Crippen LogP contribution in [0, 0.1) is 0 Å². The summed E-state index contributed by atoms with van der Waals surface area (Å²) in [6.07, 6.45) is 4.34. The Balaban J connectivity index is 2.07. The van der Waals surface area contributed by atoms with Gasteiger partial charge in [-0.3, -0.25) is 4.31 Å². The second kappa shape index (κ2) is 4.92. The highest BCUT2D eigenvalue weighted by Gasteiger charge is 2.29. The third kappa shape index (κ3) is 2.29. The van der Waals surface area contributed by atoms with Gasteiger partial charge in [0.05, 0.1) is 11.3 Å². The van der Waals surface area contributed by atoms with Gasteiger partial charge in [-0.2, -0.15) is 0 Å². The van der Waals surface area contributed by atoms with Crippen LogP contribution in [0.1, 0.15) is 22.3 Å². The van der Waals surface area contributed by atoms with Crippen molar-refractivity contribution in [3.63, 3.8) is 0 Å². The van der Waals surface area contributed by atoms with Gasteiger partial charge in [-0.1, -0.05) is 0 Å². The number of sulfonamides is 1. The maximum absolute atomic E-state index is 12.6. The fourth-order valence-electron chi connectivity index (χ4n) is 2.54. The molecule has 0 bridgehead atoms. The number of benzene rings is 1. The summed E-state index contributed by atoms with van der Waals surface area (Å²) in [6, 6.07) is 6.07. The lowest BCUT2D eigenvalue weighted by Crippen LogP contribution is -2.35. The molecule has 2 N–H and O–H groups in total. The molecule has 0 radical (unpaired) electrons. The topological polar surface area (TPSA) is 90.5 Å². The van der Waals surface area contributed by atoms with E-state index in [1.54, 1.807) is 18.3 Å². The number of carboxylic acids is 1. The van der Waals surface area contributed by atoms with Crippen LogP contribution in [0.2, 0.25) is 0 Å². The molecule has 1 aromatic heterocycles. The minimum atomic E-state index is -3.61. The first kappa shape index (κ1) is 13.7. The van der Waals surface area contributed by atoms with Gasteiger partial charge >= 0.3 is 5.97 Å². The largest absolute Gasteiger partial charge is 0.478 e. The van der Waals surface area contributed by atoms with E-state index in [-0.39, 0.29) is 10.5 Å². The number of nitrogens with zero attached hydrogens (tertiary/aromatic N) is 1. The fraction of sp³-hybridized carbons (Fsp3) is 0.214. The minimum absolute atomic E-state index is 0.176. The van der Waals surface area contributed by atoms with E-state index in [2.05, 4.69) is 4.98 Å². The number of rotatable bonds is 3. The predicted molar refractivity (Wildman–Crippen MR) is 77.0 cm³/mol. The number of aryl methyl sites for hydroxylation is 1. The summed E-state index contributed by atoms with van der Waals surface area (Å²) in [5, 5.41) is 9.03.